The molecular formula is C18H26O2. The van der Waals surface area contributed by atoms with Gasteiger partial charge in [0.15, 0.2) is 0 Å². The van der Waals surface area contributed by atoms with Gasteiger partial charge in [-0.05, 0) is 37.2 Å². The number of hydrogen-bond donors (Lipinski definition) is 1. The summed E-state index contributed by atoms with van der Waals surface area (Å²) in [5.41, 5.74) is 1.44. The quantitative estimate of drug-likeness (QED) is 0.874. The maximum Gasteiger partial charge on any atom is 0.314 e. The Balaban J connectivity index is 2.51. The molecule has 0 bridgehead atoms. The van der Waals surface area contributed by atoms with Gasteiger partial charge in [0.2, 0.25) is 0 Å². The van der Waals surface area contributed by atoms with Crippen LogP contribution < -0.4 is 0 Å². The molecule has 1 aromatic rings. The second kappa shape index (κ2) is 5.99. The van der Waals surface area contributed by atoms with E-state index >= 15 is 0 Å². The highest BCUT2D eigenvalue weighted by Crippen LogP contribution is 2.46. The van der Waals surface area contributed by atoms with E-state index in [1.54, 1.807) is 0 Å². The van der Waals surface area contributed by atoms with Crippen LogP contribution in [0.3, 0.4) is 0 Å². The molecule has 0 aliphatic heterocycles. The maximum atomic E-state index is 12.2. The van der Waals surface area contributed by atoms with E-state index in [1.165, 1.54) is 12.0 Å². The third-order valence-corrected chi connectivity index (χ3v) is 5.04. The van der Waals surface area contributed by atoms with Gasteiger partial charge in [0, 0.05) is 0 Å². The van der Waals surface area contributed by atoms with E-state index in [0.717, 1.165) is 31.2 Å². The summed E-state index contributed by atoms with van der Waals surface area (Å²) in [6, 6.07) is 8.13. The Kier molecular flexibility index (Phi) is 4.52. The van der Waals surface area contributed by atoms with Crippen molar-refractivity contribution in [3.8, 4) is 0 Å². The first kappa shape index (κ1) is 15.1. The fourth-order valence-electron chi connectivity index (χ4n) is 3.97. The van der Waals surface area contributed by atoms with Gasteiger partial charge in [0.1, 0.15) is 0 Å². The third-order valence-electron chi connectivity index (χ3n) is 5.04. The summed E-state index contributed by atoms with van der Waals surface area (Å²) >= 11 is 0. The van der Waals surface area contributed by atoms with E-state index in [2.05, 4.69) is 13.8 Å². The largest absolute Gasteiger partial charge is 0.481 e. The van der Waals surface area contributed by atoms with Gasteiger partial charge in [-0.3, -0.25) is 4.79 Å². The smallest absolute Gasteiger partial charge is 0.314 e. The molecule has 0 saturated heterocycles. The molecule has 1 saturated carbocycles. The summed E-state index contributed by atoms with van der Waals surface area (Å²) in [5.74, 6) is -0.287. The van der Waals surface area contributed by atoms with Crippen LogP contribution in [0.4, 0.5) is 0 Å². The van der Waals surface area contributed by atoms with Crippen molar-refractivity contribution in [3.63, 3.8) is 0 Å². The standard InChI is InChI=1S/C18H26O2/c1-13(2)18(17(19)20,15-7-5-4-6-8-15)16-11-9-14(3)10-12-16/h9-13,15H,4-8H2,1-3H3,(H,19,20). The lowest BCUT2D eigenvalue weighted by Gasteiger charge is -2.43. The van der Waals surface area contributed by atoms with Gasteiger partial charge in [-0.15, -0.1) is 0 Å². The van der Waals surface area contributed by atoms with E-state index < -0.39 is 11.4 Å². The van der Waals surface area contributed by atoms with Gasteiger partial charge >= 0.3 is 5.97 Å². The topological polar surface area (TPSA) is 37.3 Å². The zero-order valence-electron chi connectivity index (χ0n) is 12.9. The van der Waals surface area contributed by atoms with Crippen LogP contribution in [0, 0.1) is 18.8 Å². The zero-order chi connectivity index (χ0) is 14.8. The minimum Gasteiger partial charge on any atom is -0.481 e. The minimum atomic E-state index is -0.728. The van der Waals surface area contributed by atoms with E-state index in [-0.39, 0.29) is 11.8 Å². The first-order chi connectivity index (χ1) is 9.49. The van der Waals surface area contributed by atoms with Crippen molar-refractivity contribution in [2.75, 3.05) is 0 Å². The number of carboxylic acids is 1. The van der Waals surface area contributed by atoms with E-state index in [0.29, 0.717) is 0 Å². The number of rotatable bonds is 4. The average Bonchev–Trinajstić information content (AvgIpc) is 2.42. The predicted octanol–water partition coefficient (Wildman–Crippen LogP) is 4.55. The molecule has 0 amide bonds. The number of benzene rings is 1. The molecule has 1 aliphatic carbocycles. The third kappa shape index (κ3) is 2.48. The van der Waals surface area contributed by atoms with Gasteiger partial charge in [-0.1, -0.05) is 62.9 Å². The van der Waals surface area contributed by atoms with Crippen molar-refractivity contribution in [1.82, 2.24) is 0 Å². The van der Waals surface area contributed by atoms with Crippen LogP contribution in [0.1, 0.15) is 57.1 Å². The highest BCUT2D eigenvalue weighted by atomic mass is 16.4. The van der Waals surface area contributed by atoms with E-state index in [9.17, 15) is 9.90 Å². The fourth-order valence-corrected chi connectivity index (χ4v) is 3.97. The molecule has 1 aromatic carbocycles. The summed E-state index contributed by atoms with van der Waals surface area (Å²) < 4.78 is 0. The Morgan fingerprint density at radius 1 is 1.15 bits per heavy atom. The highest BCUT2D eigenvalue weighted by molar-refractivity contribution is 5.82. The van der Waals surface area contributed by atoms with E-state index in [1.807, 2.05) is 31.2 Å². The summed E-state index contributed by atoms with van der Waals surface area (Å²) in [7, 11) is 0. The molecule has 2 nitrogen and oxygen atoms in total. The summed E-state index contributed by atoms with van der Waals surface area (Å²) in [5, 5.41) is 10.1. The SMILES string of the molecule is Cc1ccc(C(C(=O)O)(C(C)C)C2CCCCC2)cc1. The second-order valence-electron chi connectivity index (χ2n) is 6.53. The van der Waals surface area contributed by atoms with Gasteiger partial charge < -0.3 is 5.11 Å². The van der Waals surface area contributed by atoms with Crippen LogP contribution in [-0.2, 0) is 10.2 Å². The molecule has 2 heteroatoms. The molecule has 1 fully saturated rings. The van der Waals surface area contributed by atoms with Crippen LogP contribution in [0.2, 0.25) is 0 Å². The number of hydrogen-bond acceptors (Lipinski definition) is 1. The highest BCUT2D eigenvalue weighted by Gasteiger charge is 2.49. The molecule has 20 heavy (non-hydrogen) atoms. The molecular weight excluding hydrogens is 248 g/mol. The first-order valence-corrected chi connectivity index (χ1v) is 7.80. The van der Waals surface area contributed by atoms with Crippen LogP contribution >= 0.6 is 0 Å². The van der Waals surface area contributed by atoms with Crippen molar-refractivity contribution in [2.24, 2.45) is 11.8 Å². The predicted molar refractivity (Wildman–Crippen MR) is 81.9 cm³/mol. The van der Waals surface area contributed by atoms with Crippen LogP contribution in [0.15, 0.2) is 24.3 Å². The number of aryl methyl sites for hydroxylation is 1. The normalized spacial score (nSPS) is 19.8. The number of carboxylic acid groups (broad SMARTS) is 1. The molecule has 0 heterocycles. The molecule has 110 valence electrons. The van der Waals surface area contributed by atoms with Crippen LogP contribution in [0.5, 0.6) is 0 Å². The molecule has 0 spiro atoms. The maximum absolute atomic E-state index is 12.2. The molecule has 1 aliphatic rings. The first-order valence-electron chi connectivity index (χ1n) is 7.80. The second-order valence-corrected chi connectivity index (χ2v) is 6.53. The Hall–Kier alpha value is -1.31. The lowest BCUT2D eigenvalue weighted by Crippen LogP contribution is -2.48. The van der Waals surface area contributed by atoms with Crippen molar-refractivity contribution < 1.29 is 9.90 Å². The van der Waals surface area contributed by atoms with Crippen LogP contribution in [-0.4, -0.2) is 11.1 Å². The fraction of sp³-hybridized carbons (Fsp3) is 0.611. The Bertz CT molecular complexity index is 455. The number of aliphatic carboxylic acids is 1. The molecule has 1 atom stereocenters. The Morgan fingerprint density at radius 2 is 1.70 bits per heavy atom. The lowest BCUT2D eigenvalue weighted by molar-refractivity contribution is -0.149. The van der Waals surface area contributed by atoms with Crippen molar-refractivity contribution in [1.29, 1.82) is 0 Å². The van der Waals surface area contributed by atoms with Crippen molar-refractivity contribution in [2.45, 2.75) is 58.3 Å². The zero-order valence-corrected chi connectivity index (χ0v) is 12.9. The minimum absolute atomic E-state index is 0.103. The Labute approximate surface area is 122 Å². The molecule has 0 radical (unpaired) electrons. The van der Waals surface area contributed by atoms with Crippen molar-refractivity contribution in [3.05, 3.63) is 35.4 Å². The summed E-state index contributed by atoms with van der Waals surface area (Å²) in [6.45, 7) is 6.16. The average molecular weight is 274 g/mol. The molecule has 0 aromatic heterocycles. The number of carbonyl (C=O) groups is 1. The van der Waals surface area contributed by atoms with Crippen molar-refractivity contribution >= 4 is 5.97 Å². The van der Waals surface area contributed by atoms with Gasteiger partial charge in [-0.25, -0.2) is 0 Å². The van der Waals surface area contributed by atoms with Gasteiger partial charge in [0.25, 0.3) is 0 Å². The Morgan fingerprint density at radius 3 is 2.15 bits per heavy atom. The molecule has 1 unspecified atom stereocenters. The summed E-state index contributed by atoms with van der Waals surface area (Å²) in [4.78, 5) is 12.2. The summed E-state index contributed by atoms with van der Waals surface area (Å²) in [6.07, 6.45) is 5.66. The van der Waals surface area contributed by atoms with Gasteiger partial charge in [0.05, 0.1) is 5.41 Å². The van der Waals surface area contributed by atoms with Gasteiger partial charge in [-0.2, -0.15) is 0 Å². The lowest BCUT2D eigenvalue weighted by atomic mass is 9.59. The van der Waals surface area contributed by atoms with E-state index in [4.69, 9.17) is 0 Å². The molecule has 1 N–H and O–H groups in total. The van der Waals surface area contributed by atoms with Crippen LogP contribution in [0.25, 0.3) is 0 Å². The monoisotopic (exact) mass is 274 g/mol. The molecule has 2 rings (SSSR count).